The zero-order valence-corrected chi connectivity index (χ0v) is 16.5. The molecular formula is C23H28N2O3. The van der Waals surface area contributed by atoms with Crippen LogP contribution in [0.25, 0.3) is 0 Å². The molecule has 148 valence electrons. The van der Waals surface area contributed by atoms with Gasteiger partial charge in [-0.05, 0) is 67.2 Å². The van der Waals surface area contributed by atoms with Crippen molar-refractivity contribution in [1.82, 2.24) is 4.90 Å². The molecule has 0 aromatic heterocycles. The third-order valence-electron chi connectivity index (χ3n) is 5.37. The number of rotatable bonds is 6. The number of nitrogens with one attached hydrogen (secondary N) is 1. The highest BCUT2D eigenvalue weighted by Gasteiger charge is 2.24. The van der Waals surface area contributed by atoms with Crippen molar-refractivity contribution in [1.29, 1.82) is 0 Å². The van der Waals surface area contributed by atoms with Gasteiger partial charge in [-0.1, -0.05) is 38.1 Å². The lowest BCUT2D eigenvalue weighted by Crippen LogP contribution is -2.35. The molecule has 1 heterocycles. The zero-order valence-electron chi connectivity index (χ0n) is 16.5. The number of hydrogen-bond donors (Lipinski definition) is 2. The van der Waals surface area contributed by atoms with Crippen LogP contribution < -0.4 is 5.32 Å². The van der Waals surface area contributed by atoms with E-state index in [1.54, 1.807) is 0 Å². The first-order valence-electron chi connectivity index (χ1n) is 9.88. The molecule has 5 heteroatoms. The lowest BCUT2D eigenvalue weighted by molar-refractivity contribution is -0.143. The SMILES string of the molecule is CC(C)c1ccc(C(=O)Nc2cccc(CN3CCC(C(=O)O)CC3)c2)cc1. The fourth-order valence-electron chi connectivity index (χ4n) is 3.57. The molecule has 1 fully saturated rings. The minimum Gasteiger partial charge on any atom is -0.481 e. The number of anilines is 1. The Kier molecular flexibility index (Phi) is 6.47. The highest BCUT2D eigenvalue weighted by Crippen LogP contribution is 2.21. The summed E-state index contributed by atoms with van der Waals surface area (Å²) in [4.78, 5) is 25.9. The number of likely N-dealkylation sites (tertiary alicyclic amines) is 1. The molecule has 1 aliphatic heterocycles. The van der Waals surface area contributed by atoms with Gasteiger partial charge < -0.3 is 10.4 Å². The maximum Gasteiger partial charge on any atom is 0.306 e. The predicted octanol–water partition coefficient (Wildman–Crippen LogP) is 4.36. The van der Waals surface area contributed by atoms with Crippen LogP contribution in [0.4, 0.5) is 5.69 Å². The van der Waals surface area contributed by atoms with E-state index < -0.39 is 5.97 Å². The lowest BCUT2D eigenvalue weighted by atomic mass is 9.97. The minimum absolute atomic E-state index is 0.116. The standard InChI is InChI=1S/C23H28N2O3/c1-16(2)18-6-8-19(9-7-18)22(26)24-21-5-3-4-17(14-21)15-25-12-10-20(11-13-25)23(27)28/h3-9,14,16,20H,10-13,15H2,1-2H3,(H,24,26)(H,27,28). The average Bonchev–Trinajstić information content (AvgIpc) is 2.68. The molecule has 0 atom stereocenters. The molecule has 0 radical (unpaired) electrons. The smallest absolute Gasteiger partial charge is 0.306 e. The first kappa shape index (κ1) is 20.1. The largest absolute Gasteiger partial charge is 0.481 e. The molecule has 1 aliphatic rings. The fourth-order valence-corrected chi connectivity index (χ4v) is 3.57. The van der Waals surface area contributed by atoms with Gasteiger partial charge in [0, 0.05) is 17.8 Å². The van der Waals surface area contributed by atoms with E-state index in [4.69, 9.17) is 5.11 Å². The molecule has 0 aliphatic carbocycles. The number of aliphatic carboxylic acids is 1. The Labute approximate surface area is 166 Å². The number of carbonyl (C=O) groups is 2. The summed E-state index contributed by atoms with van der Waals surface area (Å²) < 4.78 is 0. The second-order valence-electron chi connectivity index (χ2n) is 7.82. The molecule has 1 saturated heterocycles. The van der Waals surface area contributed by atoms with Crippen LogP contribution in [-0.4, -0.2) is 35.0 Å². The monoisotopic (exact) mass is 380 g/mol. The predicted molar refractivity (Wildman–Crippen MR) is 111 cm³/mol. The van der Waals surface area contributed by atoms with Crippen molar-refractivity contribution in [2.24, 2.45) is 5.92 Å². The Morgan fingerprint density at radius 2 is 1.79 bits per heavy atom. The van der Waals surface area contributed by atoms with Crippen LogP contribution in [-0.2, 0) is 11.3 Å². The third kappa shape index (κ3) is 5.20. The van der Waals surface area contributed by atoms with Crippen LogP contribution in [0, 0.1) is 5.92 Å². The van der Waals surface area contributed by atoms with Gasteiger partial charge in [0.25, 0.3) is 5.91 Å². The van der Waals surface area contributed by atoms with E-state index in [1.165, 1.54) is 5.56 Å². The van der Waals surface area contributed by atoms with Gasteiger partial charge in [0.15, 0.2) is 0 Å². The highest BCUT2D eigenvalue weighted by atomic mass is 16.4. The van der Waals surface area contributed by atoms with E-state index >= 15 is 0 Å². The van der Waals surface area contributed by atoms with Crippen LogP contribution in [0.15, 0.2) is 48.5 Å². The second kappa shape index (κ2) is 9.02. The summed E-state index contributed by atoms with van der Waals surface area (Å²) in [5.41, 5.74) is 3.74. The van der Waals surface area contributed by atoms with E-state index in [-0.39, 0.29) is 11.8 Å². The number of carboxylic acid groups (broad SMARTS) is 1. The van der Waals surface area contributed by atoms with Gasteiger partial charge in [0.1, 0.15) is 0 Å². The minimum atomic E-state index is -0.689. The molecule has 0 bridgehead atoms. The molecule has 0 saturated carbocycles. The summed E-state index contributed by atoms with van der Waals surface area (Å²) in [7, 11) is 0. The quantitative estimate of drug-likeness (QED) is 0.781. The van der Waals surface area contributed by atoms with Crippen molar-refractivity contribution in [2.75, 3.05) is 18.4 Å². The zero-order chi connectivity index (χ0) is 20.1. The van der Waals surface area contributed by atoms with Crippen molar-refractivity contribution >= 4 is 17.6 Å². The van der Waals surface area contributed by atoms with Gasteiger partial charge in [-0.2, -0.15) is 0 Å². The Balaban J connectivity index is 1.58. The van der Waals surface area contributed by atoms with Crippen molar-refractivity contribution in [3.05, 3.63) is 65.2 Å². The van der Waals surface area contributed by atoms with Crippen LogP contribution >= 0.6 is 0 Å². The summed E-state index contributed by atoms with van der Waals surface area (Å²) in [5.74, 6) is -0.584. The molecule has 1 amide bonds. The first-order chi connectivity index (χ1) is 13.4. The van der Waals surface area contributed by atoms with Gasteiger partial charge in [-0.15, -0.1) is 0 Å². The normalized spacial score (nSPS) is 15.5. The Hall–Kier alpha value is -2.66. The first-order valence-corrected chi connectivity index (χ1v) is 9.88. The van der Waals surface area contributed by atoms with E-state index in [2.05, 4.69) is 24.1 Å². The third-order valence-corrected chi connectivity index (χ3v) is 5.37. The maximum absolute atomic E-state index is 12.5. The summed E-state index contributed by atoms with van der Waals surface area (Å²) >= 11 is 0. The fraction of sp³-hybridized carbons (Fsp3) is 0.391. The van der Waals surface area contributed by atoms with Gasteiger partial charge in [0.2, 0.25) is 0 Å². The Morgan fingerprint density at radius 1 is 1.11 bits per heavy atom. The number of benzene rings is 2. The highest BCUT2D eigenvalue weighted by molar-refractivity contribution is 6.04. The average molecular weight is 380 g/mol. The summed E-state index contributed by atoms with van der Waals surface area (Å²) in [5, 5.41) is 12.1. The number of carboxylic acids is 1. The van der Waals surface area contributed by atoms with Crippen LogP contribution in [0.2, 0.25) is 0 Å². The summed E-state index contributed by atoms with van der Waals surface area (Å²) in [6.07, 6.45) is 1.39. The summed E-state index contributed by atoms with van der Waals surface area (Å²) in [6.45, 7) is 6.60. The van der Waals surface area contributed by atoms with E-state index in [1.807, 2.05) is 48.5 Å². The van der Waals surface area contributed by atoms with Crippen molar-refractivity contribution in [3.63, 3.8) is 0 Å². The Morgan fingerprint density at radius 3 is 2.39 bits per heavy atom. The van der Waals surface area contributed by atoms with Crippen molar-refractivity contribution in [3.8, 4) is 0 Å². The van der Waals surface area contributed by atoms with Crippen molar-refractivity contribution in [2.45, 2.75) is 39.2 Å². The van der Waals surface area contributed by atoms with E-state index in [0.29, 0.717) is 24.3 Å². The topological polar surface area (TPSA) is 69.6 Å². The van der Waals surface area contributed by atoms with Gasteiger partial charge in [-0.25, -0.2) is 0 Å². The number of hydrogen-bond acceptors (Lipinski definition) is 3. The lowest BCUT2D eigenvalue weighted by Gasteiger charge is -2.30. The number of nitrogens with zero attached hydrogens (tertiary/aromatic N) is 1. The molecule has 5 nitrogen and oxygen atoms in total. The molecule has 2 aromatic carbocycles. The number of piperidine rings is 1. The number of carbonyl (C=O) groups excluding carboxylic acids is 1. The molecular weight excluding hydrogens is 352 g/mol. The summed E-state index contributed by atoms with van der Waals surface area (Å²) in [6, 6.07) is 15.6. The molecule has 3 rings (SSSR count). The molecule has 28 heavy (non-hydrogen) atoms. The van der Waals surface area contributed by atoms with Gasteiger partial charge in [-0.3, -0.25) is 14.5 Å². The van der Waals surface area contributed by atoms with E-state index in [0.717, 1.165) is 30.9 Å². The van der Waals surface area contributed by atoms with Crippen molar-refractivity contribution < 1.29 is 14.7 Å². The molecule has 0 spiro atoms. The number of amides is 1. The molecule has 0 unspecified atom stereocenters. The maximum atomic E-state index is 12.5. The van der Waals surface area contributed by atoms with Crippen LogP contribution in [0.3, 0.4) is 0 Å². The van der Waals surface area contributed by atoms with Crippen LogP contribution in [0.1, 0.15) is 54.1 Å². The second-order valence-corrected chi connectivity index (χ2v) is 7.82. The van der Waals surface area contributed by atoms with Gasteiger partial charge in [0.05, 0.1) is 5.92 Å². The van der Waals surface area contributed by atoms with Gasteiger partial charge >= 0.3 is 5.97 Å². The molecule has 2 aromatic rings. The molecule has 2 N–H and O–H groups in total. The Bertz CT molecular complexity index is 822. The van der Waals surface area contributed by atoms with E-state index in [9.17, 15) is 9.59 Å². The van der Waals surface area contributed by atoms with Crippen LogP contribution in [0.5, 0.6) is 0 Å².